The van der Waals surface area contributed by atoms with Gasteiger partial charge in [-0.1, -0.05) is 19.8 Å². The standard InChI is InChI=1S/C11H23NO/c1-4-10(2)13-11(9-12-3)7-5-6-8-11/h10,12H,4-9H2,1-3H3. The first kappa shape index (κ1) is 11.0. The fourth-order valence-electron chi connectivity index (χ4n) is 2.19. The van der Waals surface area contributed by atoms with Crippen LogP contribution >= 0.6 is 0 Å². The van der Waals surface area contributed by atoms with E-state index >= 15 is 0 Å². The van der Waals surface area contributed by atoms with Crippen LogP contribution in [0.5, 0.6) is 0 Å². The summed E-state index contributed by atoms with van der Waals surface area (Å²) in [5.74, 6) is 0. The summed E-state index contributed by atoms with van der Waals surface area (Å²) in [6.07, 6.45) is 6.66. The molecule has 0 saturated heterocycles. The second-order valence-electron chi connectivity index (χ2n) is 4.26. The average molecular weight is 185 g/mol. The van der Waals surface area contributed by atoms with Crippen LogP contribution in [-0.2, 0) is 4.74 Å². The summed E-state index contributed by atoms with van der Waals surface area (Å²) in [6, 6.07) is 0. The molecular formula is C11H23NO. The maximum atomic E-state index is 6.13. The molecule has 0 radical (unpaired) electrons. The van der Waals surface area contributed by atoms with Gasteiger partial charge in [-0.2, -0.15) is 0 Å². The van der Waals surface area contributed by atoms with E-state index in [0.717, 1.165) is 13.0 Å². The first-order valence-corrected chi connectivity index (χ1v) is 5.55. The molecule has 0 heterocycles. The molecule has 13 heavy (non-hydrogen) atoms. The summed E-state index contributed by atoms with van der Waals surface area (Å²) in [5, 5.41) is 3.25. The maximum absolute atomic E-state index is 6.13. The van der Waals surface area contributed by atoms with Gasteiger partial charge in [0.15, 0.2) is 0 Å². The molecule has 0 amide bonds. The highest BCUT2D eigenvalue weighted by Crippen LogP contribution is 2.34. The van der Waals surface area contributed by atoms with Crippen molar-refractivity contribution < 1.29 is 4.74 Å². The first-order chi connectivity index (χ1) is 6.22. The molecule has 1 rings (SSSR count). The summed E-state index contributed by atoms with van der Waals surface area (Å²) >= 11 is 0. The van der Waals surface area contributed by atoms with Gasteiger partial charge in [0.05, 0.1) is 11.7 Å². The smallest absolute Gasteiger partial charge is 0.0809 e. The van der Waals surface area contributed by atoms with Crippen LogP contribution in [0.4, 0.5) is 0 Å². The Morgan fingerprint density at radius 2 is 2.00 bits per heavy atom. The van der Waals surface area contributed by atoms with Crippen LogP contribution < -0.4 is 5.32 Å². The Kier molecular flexibility index (Phi) is 4.20. The van der Waals surface area contributed by atoms with Crippen molar-refractivity contribution in [2.45, 2.75) is 57.7 Å². The van der Waals surface area contributed by atoms with Crippen LogP contribution in [0.2, 0.25) is 0 Å². The molecular weight excluding hydrogens is 162 g/mol. The molecule has 78 valence electrons. The highest BCUT2D eigenvalue weighted by atomic mass is 16.5. The topological polar surface area (TPSA) is 21.3 Å². The minimum Gasteiger partial charge on any atom is -0.371 e. The Hall–Kier alpha value is -0.0800. The Morgan fingerprint density at radius 3 is 2.46 bits per heavy atom. The highest BCUT2D eigenvalue weighted by Gasteiger charge is 2.35. The number of nitrogens with one attached hydrogen (secondary N) is 1. The molecule has 1 fully saturated rings. The summed E-state index contributed by atoms with van der Waals surface area (Å²) in [5.41, 5.74) is 0.157. The molecule has 0 aromatic carbocycles. The second kappa shape index (κ2) is 4.97. The molecule has 0 aromatic rings. The van der Waals surface area contributed by atoms with E-state index in [1.54, 1.807) is 0 Å². The minimum atomic E-state index is 0.157. The van der Waals surface area contributed by atoms with Crippen molar-refractivity contribution in [2.24, 2.45) is 0 Å². The highest BCUT2D eigenvalue weighted by molar-refractivity contribution is 4.88. The van der Waals surface area contributed by atoms with Crippen LogP contribution in [0.3, 0.4) is 0 Å². The summed E-state index contributed by atoms with van der Waals surface area (Å²) < 4.78 is 6.13. The molecule has 1 N–H and O–H groups in total. The van der Waals surface area contributed by atoms with Gasteiger partial charge in [0.2, 0.25) is 0 Å². The van der Waals surface area contributed by atoms with E-state index in [1.165, 1.54) is 25.7 Å². The Morgan fingerprint density at radius 1 is 1.38 bits per heavy atom. The van der Waals surface area contributed by atoms with Crippen molar-refractivity contribution in [2.75, 3.05) is 13.6 Å². The normalized spacial score (nSPS) is 23.3. The van der Waals surface area contributed by atoms with Crippen LogP contribution in [-0.4, -0.2) is 25.3 Å². The quantitative estimate of drug-likeness (QED) is 0.710. The van der Waals surface area contributed by atoms with E-state index in [9.17, 15) is 0 Å². The van der Waals surface area contributed by atoms with Crippen molar-refractivity contribution in [1.82, 2.24) is 5.32 Å². The van der Waals surface area contributed by atoms with Crippen LogP contribution in [0, 0.1) is 0 Å². The van der Waals surface area contributed by atoms with Gasteiger partial charge in [0.25, 0.3) is 0 Å². The largest absolute Gasteiger partial charge is 0.371 e. The maximum Gasteiger partial charge on any atom is 0.0809 e. The molecule has 1 aliphatic rings. The predicted molar refractivity (Wildman–Crippen MR) is 56.0 cm³/mol. The molecule has 0 bridgehead atoms. The molecule has 1 atom stereocenters. The van der Waals surface area contributed by atoms with Crippen LogP contribution in [0.25, 0.3) is 0 Å². The minimum absolute atomic E-state index is 0.157. The number of hydrogen-bond acceptors (Lipinski definition) is 2. The van der Waals surface area contributed by atoms with Crippen LogP contribution in [0.15, 0.2) is 0 Å². The van der Waals surface area contributed by atoms with E-state index in [2.05, 4.69) is 19.2 Å². The van der Waals surface area contributed by atoms with Gasteiger partial charge in [-0.25, -0.2) is 0 Å². The molecule has 0 aromatic heterocycles. The number of rotatable bonds is 5. The molecule has 0 aliphatic heterocycles. The van der Waals surface area contributed by atoms with Crippen LogP contribution in [0.1, 0.15) is 46.0 Å². The van der Waals surface area contributed by atoms with Crippen molar-refractivity contribution >= 4 is 0 Å². The van der Waals surface area contributed by atoms with Gasteiger partial charge in [-0.3, -0.25) is 0 Å². The second-order valence-corrected chi connectivity index (χ2v) is 4.26. The zero-order chi connectivity index (χ0) is 9.73. The zero-order valence-electron chi connectivity index (χ0n) is 9.23. The summed E-state index contributed by atoms with van der Waals surface area (Å²) in [4.78, 5) is 0. The van der Waals surface area contributed by atoms with Gasteiger partial charge < -0.3 is 10.1 Å². The number of ether oxygens (including phenoxy) is 1. The molecule has 1 aliphatic carbocycles. The summed E-state index contributed by atoms with van der Waals surface area (Å²) in [6.45, 7) is 5.37. The molecule has 0 spiro atoms. The molecule has 2 heteroatoms. The first-order valence-electron chi connectivity index (χ1n) is 5.55. The third-order valence-electron chi connectivity index (χ3n) is 3.04. The zero-order valence-corrected chi connectivity index (χ0v) is 9.23. The molecule has 1 unspecified atom stereocenters. The van der Waals surface area contributed by atoms with Gasteiger partial charge in [0.1, 0.15) is 0 Å². The summed E-state index contributed by atoms with van der Waals surface area (Å²) in [7, 11) is 2.01. The molecule has 2 nitrogen and oxygen atoms in total. The lowest BCUT2D eigenvalue weighted by molar-refractivity contribution is -0.0814. The van der Waals surface area contributed by atoms with Gasteiger partial charge in [-0.05, 0) is 33.2 Å². The Bertz CT molecular complexity index is 141. The van der Waals surface area contributed by atoms with E-state index in [4.69, 9.17) is 4.74 Å². The Balaban J connectivity index is 2.46. The van der Waals surface area contributed by atoms with Gasteiger partial charge in [-0.15, -0.1) is 0 Å². The Labute approximate surface area is 82.0 Å². The van der Waals surface area contributed by atoms with E-state index in [1.807, 2.05) is 7.05 Å². The number of hydrogen-bond donors (Lipinski definition) is 1. The van der Waals surface area contributed by atoms with E-state index in [-0.39, 0.29) is 5.60 Å². The predicted octanol–water partition coefficient (Wildman–Crippen LogP) is 2.33. The van der Waals surface area contributed by atoms with Crippen molar-refractivity contribution in [3.8, 4) is 0 Å². The fourth-order valence-corrected chi connectivity index (χ4v) is 2.19. The van der Waals surface area contributed by atoms with E-state index < -0.39 is 0 Å². The monoisotopic (exact) mass is 185 g/mol. The lowest BCUT2D eigenvalue weighted by Gasteiger charge is -2.32. The van der Waals surface area contributed by atoms with Crippen molar-refractivity contribution in [3.63, 3.8) is 0 Å². The SMILES string of the molecule is CCC(C)OC1(CNC)CCCC1. The van der Waals surface area contributed by atoms with Gasteiger partial charge in [0, 0.05) is 6.54 Å². The third-order valence-corrected chi connectivity index (χ3v) is 3.04. The lowest BCUT2D eigenvalue weighted by atomic mass is 10.0. The van der Waals surface area contributed by atoms with Crippen molar-refractivity contribution in [1.29, 1.82) is 0 Å². The van der Waals surface area contributed by atoms with Crippen molar-refractivity contribution in [3.05, 3.63) is 0 Å². The molecule has 1 saturated carbocycles. The number of likely N-dealkylation sites (N-methyl/N-ethyl adjacent to an activating group) is 1. The lowest BCUT2D eigenvalue weighted by Crippen LogP contribution is -2.41. The fraction of sp³-hybridized carbons (Fsp3) is 1.00. The third kappa shape index (κ3) is 2.96. The average Bonchev–Trinajstić information content (AvgIpc) is 2.54. The van der Waals surface area contributed by atoms with Gasteiger partial charge >= 0.3 is 0 Å². The van der Waals surface area contributed by atoms with E-state index in [0.29, 0.717) is 6.10 Å².